The lowest BCUT2D eigenvalue weighted by Gasteiger charge is -2.12. The zero-order chi connectivity index (χ0) is 10.3. The Morgan fingerprint density at radius 2 is 2.15 bits per heavy atom. The van der Waals surface area contributed by atoms with Gasteiger partial charge in [-0.3, -0.25) is 4.79 Å². The summed E-state index contributed by atoms with van der Waals surface area (Å²) in [4.78, 5) is 11.1. The number of hydrogen-bond donors (Lipinski definition) is 1. The number of likely N-dealkylation sites (N-methyl/N-ethyl adjacent to an activating group) is 1. The van der Waals surface area contributed by atoms with Crippen molar-refractivity contribution in [3.05, 3.63) is 37.0 Å². The van der Waals surface area contributed by atoms with Gasteiger partial charge in [-0.15, -0.1) is 0 Å². The van der Waals surface area contributed by atoms with E-state index in [1.54, 1.807) is 26.1 Å². The molecule has 0 radical (unpaired) electrons. The van der Waals surface area contributed by atoms with Gasteiger partial charge in [-0.2, -0.15) is 0 Å². The molecule has 0 saturated carbocycles. The van der Waals surface area contributed by atoms with Crippen LogP contribution in [0.1, 0.15) is 13.3 Å². The molecule has 0 aliphatic rings. The van der Waals surface area contributed by atoms with E-state index in [0.29, 0.717) is 6.42 Å². The van der Waals surface area contributed by atoms with Crippen LogP contribution < -0.4 is 5.32 Å². The van der Waals surface area contributed by atoms with Crippen molar-refractivity contribution in [2.45, 2.75) is 19.4 Å². The third kappa shape index (κ3) is 4.43. The number of carbonyl (C=O) groups is 1. The number of hydrogen-bond acceptors (Lipinski definition) is 2. The van der Waals surface area contributed by atoms with Gasteiger partial charge in [-0.05, 0) is 26.0 Å². The molecule has 0 aromatic carbocycles. The Kier molecular flexibility index (Phi) is 5.81. The van der Waals surface area contributed by atoms with Crippen LogP contribution in [0.5, 0.6) is 0 Å². The summed E-state index contributed by atoms with van der Waals surface area (Å²) >= 11 is 0. The van der Waals surface area contributed by atoms with Gasteiger partial charge in [-0.25, -0.2) is 0 Å². The fraction of sp³-hybridized carbons (Fsp3) is 0.364. The standard InChI is InChI=1S/C11H17NO/c1-5-7-10(6-2)8-11(12-4)9(3)13/h5-7,11-12H,1-2,8H2,3-4H3/b10-7+. The van der Waals surface area contributed by atoms with Gasteiger partial charge in [-0.1, -0.05) is 31.4 Å². The van der Waals surface area contributed by atoms with Crippen molar-refractivity contribution in [1.82, 2.24) is 5.32 Å². The molecule has 0 heterocycles. The Morgan fingerprint density at radius 1 is 1.54 bits per heavy atom. The number of ketones is 1. The second-order valence-corrected chi connectivity index (χ2v) is 2.84. The highest BCUT2D eigenvalue weighted by Crippen LogP contribution is 2.07. The predicted molar refractivity (Wildman–Crippen MR) is 56.6 cm³/mol. The van der Waals surface area contributed by atoms with E-state index < -0.39 is 0 Å². The lowest BCUT2D eigenvalue weighted by Crippen LogP contribution is -2.32. The SMILES string of the molecule is C=C/C=C(\C=C)CC(NC)C(C)=O. The number of allylic oxidation sites excluding steroid dienone is 3. The van der Waals surface area contributed by atoms with Gasteiger partial charge in [0.1, 0.15) is 5.78 Å². The van der Waals surface area contributed by atoms with Crippen molar-refractivity contribution in [2.75, 3.05) is 7.05 Å². The van der Waals surface area contributed by atoms with Crippen LogP contribution in [0.15, 0.2) is 37.0 Å². The van der Waals surface area contributed by atoms with Crippen molar-refractivity contribution >= 4 is 5.78 Å². The van der Waals surface area contributed by atoms with Gasteiger partial charge in [0.2, 0.25) is 0 Å². The second-order valence-electron chi connectivity index (χ2n) is 2.84. The zero-order valence-corrected chi connectivity index (χ0v) is 8.34. The summed E-state index contributed by atoms with van der Waals surface area (Å²) in [6, 6.07) is -0.121. The molecule has 0 fully saturated rings. The fourth-order valence-electron chi connectivity index (χ4n) is 1.06. The van der Waals surface area contributed by atoms with Crippen LogP contribution in [0.25, 0.3) is 0 Å². The lowest BCUT2D eigenvalue weighted by molar-refractivity contribution is -0.118. The van der Waals surface area contributed by atoms with Gasteiger partial charge < -0.3 is 5.32 Å². The van der Waals surface area contributed by atoms with Gasteiger partial charge >= 0.3 is 0 Å². The molecule has 0 amide bonds. The molecule has 0 aliphatic heterocycles. The average Bonchev–Trinajstić information content (AvgIpc) is 2.11. The van der Waals surface area contributed by atoms with E-state index in [9.17, 15) is 4.79 Å². The maximum absolute atomic E-state index is 11.1. The van der Waals surface area contributed by atoms with Crippen LogP contribution in [0.3, 0.4) is 0 Å². The van der Waals surface area contributed by atoms with Crippen LogP contribution in [-0.2, 0) is 4.79 Å². The van der Waals surface area contributed by atoms with Crippen molar-refractivity contribution in [2.24, 2.45) is 0 Å². The third-order valence-electron chi connectivity index (χ3n) is 1.87. The molecular formula is C11H17NO. The molecule has 0 saturated heterocycles. The summed E-state index contributed by atoms with van der Waals surface area (Å²) in [7, 11) is 1.78. The molecule has 0 aromatic heterocycles. The van der Waals surface area contributed by atoms with Crippen LogP contribution >= 0.6 is 0 Å². The quantitative estimate of drug-likeness (QED) is 0.630. The van der Waals surface area contributed by atoms with Crippen LogP contribution in [-0.4, -0.2) is 18.9 Å². The molecule has 1 N–H and O–H groups in total. The Balaban J connectivity index is 4.36. The molecule has 72 valence electrons. The summed E-state index contributed by atoms with van der Waals surface area (Å²) < 4.78 is 0. The summed E-state index contributed by atoms with van der Waals surface area (Å²) in [6.07, 6.45) is 5.97. The van der Waals surface area contributed by atoms with Gasteiger partial charge in [0, 0.05) is 0 Å². The topological polar surface area (TPSA) is 29.1 Å². The minimum Gasteiger partial charge on any atom is -0.310 e. The molecule has 0 aliphatic carbocycles. The molecular weight excluding hydrogens is 162 g/mol. The lowest BCUT2D eigenvalue weighted by atomic mass is 10.0. The first-order valence-electron chi connectivity index (χ1n) is 4.27. The zero-order valence-electron chi connectivity index (χ0n) is 8.34. The van der Waals surface area contributed by atoms with E-state index in [-0.39, 0.29) is 11.8 Å². The number of nitrogens with one attached hydrogen (secondary N) is 1. The minimum absolute atomic E-state index is 0.121. The number of carbonyl (C=O) groups excluding carboxylic acids is 1. The summed E-state index contributed by atoms with van der Waals surface area (Å²) in [5.74, 6) is 0.138. The molecule has 1 unspecified atom stereocenters. The molecule has 0 rings (SSSR count). The Bertz CT molecular complexity index is 228. The van der Waals surface area contributed by atoms with Crippen molar-refractivity contribution in [1.29, 1.82) is 0 Å². The summed E-state index contributed by atoms with van der Waals surface area (Å²) in [5.41, 5.74) is 1.02. The van der Waals surface area contributed by atoms with Crippen molar-refractivity contribution in [3.8, 4) is 0 Å². The first-order chi connectivity index (χ1) is 6.15. The highest BCUT2D eigenvalue weighted by molar-refractivity contribution is 5.81. The van der Waals surface area contributed by atoms with Gasteiger partial charge in [0.15, 0.2) is 0 Å². The summed E-state index contributed by atoms with van der Waals surface area (Å²) in [5, 5.41) is 2.95. The molecule has 2 heteroatoms. The molecule has 0 bridgehead atoms. The highest BCUT2D eigenvalue weighted by atomic mass is 16.1. The first kappa shape index (κ1) is 11.8. The van der Waals surface area contributed by atoms with E-state index in [1.807, 2.05) is 6.08 Å². The maximum atomic E-state index is 11.1. The van der Waals surface area contributed by atoms with E-state index in [1.165, 1.54) is 0 Å². The van der Waals surface area contributed by atoms with Crippen molar-refractivity contribution < 1.29 is 4.79 Å². The largest absolute Gasteiger partial charge is 0.310 e. The highest BCUT2D eigenvalue weighted by Gasteiger charge is 2.11. The Labute approximate surface area is 80.0 Å². The van der Waals surface area contributed by atoms with Crippen molar-refractivity contribution in [3.63, 3.8) is 0 Å². The first-order valence-corrected chi connectivity index (χ1v) is 4.27. The van der Waals surface area contributed by atoms with E-state index in [4.69, 9.17) is 0 Å². The molecule has 13 heavy (non-hydrogen) atoms. The second kappa shape index (κ2) is 6.38. The molecule has 1 atom stereocenters. The predicted octanol–water partition coefficient (Wildman–Crippen LogP) is 1.85. The Hall–Kier alpha value is -1.15. The van der Waals surface area contributed by atoms with Crippen LogP contribution in [0.4, 0.5) is 0 Å². The molecule has 0 aromatic rings. The average molecular weight is 179 g/mol. The van der Waals surface area contributed by atoms with E-state index in [2.05, 4.69) is 18.5 Å². The smallest absolute Gasteiger partial charge is 0.147 e. The van der Waals surface area contributed by atoms with Gasteiger partial charge in [0.25, 0.3) is 0 Å². The van der Waals surface area contributed by atoms with E-state index in [0.717, 1.165) is 5.57 Å². The summed E-state index contributed by atoms with van der Waals surface area (Å²) in [6.45, 7) is 8.85. The normalized spacial score (nSPS) is 13.5. The monoisotopic (exact) mass is 179 g/mol. The maximum Gasteiger partial charge on any atom is 0.147 e. The molecule has 0 spiro atoms. The van der Waals surface area contributed by atoms with Gasteiger partial charge in [0.05, 0.1) is 6.04 Å². The number of Topliss-reactive ketones (excluding diaryl/α,β-unsaturated/α-hetero) is 1. The van der Waals surface area contributed by atoms with Crippen LogP contribution in [0, 0.1) is 0 Å². The third-order valence-corrected chi connectivity index (χ3v) is 1.87. The number of rotatable bonds is 6. The molecule has 2 nitrogen and oxygen atoms in total. The van der Waals surface area contributed by atoms with Crippen LogP contribution in [0.2, 0.25) is 0 Å². The minimum atomic E-state index is -0.121. The van der Waals surface area contributed by atoms with E-state index >= 15 is 0 Å². The fourth-order valence-corrected chi connectivity index (χ4v) is 1.06. The Morgan fingerprint density at radius 3 is 2.46 bits per heavy atom.